The van der Waals surface area contributed by atoms with Gasteiger partial charge in [-0.15, -0.1) is 0 Å². The zero-order valence-corrected chi connectivity index (χ0v) is 13.8. The van der Waals surface area contributed by atoms with Gasteiger partial charge in [0.25, 0.3) is 0 Å². The molecule has 0 aromatic heterocycles. The van der Waals surface area contributed by atoms with Crippen LogP contribution in [0.2, 0.25) is 5.02 Å². The van der Waals surface area contributed by atoms with Crippen LogP contribution in [0, 0.1) is 0 Å². The third-order valence-corrected chi connectivity index (χ3v) is 4.60. The molecule has 0 radical (unpaired) electrons. The molecule has 0 amide bonds. The summed E-state index contributed by atoms with van der Waals surface area (Å²) in [6, 6.07) is 8.16. The molecule has 1 unspecified atom stereocenters. The van der Waals surface area contributed by atoms with Crippen LogP contribution < -0.4 is 0 Å². The fraction of sp³-hybridized carbons (Fsp3) is 0.529. The number of amidine groups is 1. The first-order valence-electron chi connectivity index (χ1n) is 8.03. The minimum absolute atomic E-state index is 0.174. The molecule has 22 heavy (non-hydrogen) atoms. The van der Waals surface area contributed by atoms with Crippen LogP contribution in [-0.2, 0) is 6.42 Å². The highest BCUT2D eigenvalue weighted by Gasteiger charge is 2.19. The third kappa shape index (κ3) is 4.15. The first-order valence-corrected chi connectivity index (χ1v) is 8.41. The first kappa shape index (κ1) is 15.7. The summed E-state index contributed by atoms with van der Waals surface area (Å²) in [5.41, 5.74) is 1.25. The lowest BCUT2D eigenvalue weighted by Crippen LogP contribution is -2.47. The molecule has 1 fully saturated rings. The van der Waals surface area contributed by atoms with Gasteiger partial charge in [0.2, 0.25) is 0 Å². The maximum absolute atomic E-state index is 5.92. The van der Waals surface area contributed by atoms with E-state index in [4.69, 9.17) is 16.6 Å². The molecule has 5 heteroatoms. The summed E-state index contributed by atoms with van der Waals surface area (Å²) in [5.74, 6) is 0.976. The summed E-state index contributed by atoms with van der Waals surface area (Å²) in [4.78, 5) is 14.2. The fourth-order valence-corrected chi connectivity index (χ4v) is 3.06. The molecule has 0 spiro atoms. The quantitative estimate of drug-likeness (QED) is 0.834. The molecule has 1 aromatic carbocycles. The van der Waals surface area contributed by atoms with E-state index in [1.54, 1.807) is 0 Å². The average molecular weight is 319 g/mol. The predicted octanol–water partition coefficient (Wildman–Crippen LogP) is 2.37. The summed E-state index contributed by atoms with van der Waals surface area (Å²) < 4.78 is 0. The topological polar surface area (TPSA) is 31.2 Å². The number of likely N-dealkylation sites (N-methyl/N-ethyl adjacent to an activating group) is 1. The SMILES string of the molecule is CCN1CCN(CC2=NC(Cc3ccc(Cl)cc3)C=N2)CC1. The van der Waals surface area contributed by atoms with Gasteiger partial charge in [0.05, 0.1) is 12.6 Å². The van der Waals surface area contributed by atoms with E-state index < -0.39 is 0 Å². The van der Waals surface area contributed by atoms with Crippen molar-refractivity contribution in [2.75, 3.05) is 39.3 Å². The van der Waals surface area contributed by atoms with Crippen molar-refractivity contribution in [3.8, 4) is 0 Å². The molecule has 0 bridgehead atoms. The summed E-state index contributed by atoms with van der Waals surface area (Å²) in [6.07, 6.45) is 2.88. The van der Waals surface area contributed by atoms with Gasteiger partial charge in [-0.2, -0.15) is 0 Å². The monoisotopic (exact) mass is 318 g/mol. The molecule has 0 saturated carbocycles. The van der Waals surface area contributed by atoms with Crippen molar-refractivity contribution < 1.29 is 0 Å². The second-order valence-corrected chi connectivity index (χ2v) is 6.37. The van der Waals surface area contributed by atoms with Crippen LogP contribution >= 0.6 is 11.6 Å². The lowest BCUT2D eigenvalue weighted by molar-refractivity contribution is 0.151. The van der Waals surface area contributed by atoms with Crippen molar-refractivity contribution in [1.82, 2.24) is 9.80 Å². The predicted molar refractivity (Wildman–Crippen MR) is 93.4 cm³/mol. The Balaban J connectivity index is 1.50. The summed E-state index contributed by atoms with van der Waals surface area (Å²) >= 11 is 5.92. The molecule has 0 aliphatic carbocycles. The van der Waals surface area contributed by atoms with Crippen LogP contribution in [0.25, 0.3) is 0 Å². The van der Waals surface area contributed by atoms with E-state index in [1.807, 2.05) is 18.3 Å². The normalized spacial score (nSPS) is 23.0. The Morgan fingerprint density at radius 3 is 2.45 bits per heavy atom. The maximum Gasteiger partial charge on any atom is 0.137 e. The van der Waals surface area contributed by atoms with Gasteiger partial charge in [-0.05, 0) is 30.7 Å². The lowest BCUT2D eigenvalue weighted by atomic mass is 10.1. The van der Waals surface area contributed by atoms with Crippen LogP contribution in [0.15, 0.2) is 34.3 Å². The van der Waals surface area contributed by atoms with Gasteiger partial charge in [0.15, 0.2) is 0 Å². The standard InChI is InChI=1S/C17H23ClN4/c1-2-21-7-9-22(10-8-21)13-17-19-12-16(20-17)11-14-3-5-15(18)6-4-14/h3-6,12,16H,2,7-11,13H2,1H3. The number of benzene rings is 1. The van der Waals surface area contributed by atoms with E-state index in [9.17, 15) is 0 Å². The van der Waals surface area contributed by atoms with Crippen molar-refractivity contribution in [3.05, 3.63) is 34.9 Å². The summed E-state index contributed by atoms with van der Waals surface area (Å²) in [5, 5.41) is 0.777. The highest BCUT2D eigenvalue weighted by molar-refractivity contribution is 6.30. The van der Waals surface area contributed by atoms with Crippen molar-refractivity contribution in [2.24, 2.45) is 9.98 Å². The highest BCUT2D eigenvalue weighted by atomic mass is 35.5. The minimum Gasteiger partial charge on any atom is -0.301 e. The Morgan fingerprint density at radius 1 is 1.09 bits per heavy atom. The van der Waals surface area contributed by atoms with E-state index in [0.717, 1.165) is 56.5 Å². The van der Waals surface area contributed by atoms with Crippen molar-refractivity contribution >= 4 is 23.7 Å². The molecule has 2 aliphatic rings. The Labute approximate surface area is 137 Å². The van der Waals surface area contributed by atoms with Gasteiger partial charge in [0, 0.05) is 37.4 Å². The molecule has 4 nitrogen and oxygen atoms in total. The van der Waals surface area contributed by atoms with Gasteiger partial charge < -0.3 is 4.90 Å². The zero-order chi connectivity index (χ0) is 15.4. The van der Waals surface area contributed by atoms with Gasteiger partial charge in [-0.25, -0.2) is 4.99 Å². The van der Waals surface area contributed by atoms with E-state index in [1.165, 1.54) is 5.56 Å². The van der Waals surface area contributed by atoms with Gasteiger partial charge in [-0.3, -0.25) is 9.89 Å². The van der Waals surface area contributed by atoms with Crippen LogP contribution in [-0.4, -0.2) is 67.2 Å². The number of nitrogens with zero attached hydrogens (tertiary/aromatic N) is 4. The van der Waals surface area contributed by atoms with Gasteiger partial charge in [0.1, 0.15) is 5.84 Å². The number of rotatable bonds is 5. The number of hydrogen-bond acceptors (Lipinski definition) is 4. The summed E-state index contributed by atoms with van der Waals surface area (Å²) in [7, 11) is 0. The van der Waals surface area contributed by atoms with Crippen molar-refractivity contribution in [2.45, 2.75) is 19.4 Å². The van der Waals surface area contributed by atoms with E-state index in [2.05, 4.69) is 33.8 Å². The smallest absolute Gasteiger partial charge is 0.137 e. The lowest BCUT2D eigenvalue weighted by Gasteiger charge is -2.33. The molecule has 3 rings (SSSR count). The molecule has 1 saturated heterocycles. The highest BCUT2D eigenvalue weighted by Crippen LogP contribution is 2.14. The van der Waals surface area contributed by atoms with Crippen LogP contribution in [0.1, 0.15) is 12.5 Å². The Morgan fingerprint density at radius 2 is 1.77 bits per heavy atom. The van der Waals surface area contributed by atoms with E-state index in [0.29, 0.717) is 0 Å². The average Bonchev–Trinajstić information content (AvgIpc) is 2.97. The van der Waals surface area contributed by atoms with Crippen LogP contribution in [0.3, 0.4) is 0 Å². The number of aliphatic imine (C=N–C) groups is 2. The molecular weight excluding hydrogens is 296 g/mol. The molecular formula is C17H23ClN4. The molecule has 2 heterocycles. The molecule has 1 aromatic rings. The Hall–Kier alpha value is -1.23. The maximum atomic E-state index is 5.92. The molecule has 118 valence electrons. The molecule has 0 N–H and O–H groups in total. The minimum atomic E-state index is 0.174. The number of piperazine rings is 1. The Kier molecular flexibility index (Phi) is 5.24. The van der Waals surface area contributed by atoms with Gasteiger partial charge >= 0.3 is 0 Å². The molecule has 1 atom stereocenters. The van der Waals surface area contributed by atoms with E-state index >= 15 is 0 Å². The summed E-state index contributed by atoms with van der Waals surface area (Å²) in [6.45, 7) is 8.79. The largest absolute Gasteiger partial charge is 0.301 e. The van der Waals surface area contributed by atoms with Crippen LogP contribution in [0.5, 0.6) is 0 Å². The third-order valence-electron chi connectivity index (χ3n) is 4.35. The zero-order valence-electron chi connectivity index (χ0n) is 13.1. The van der Waals surface area contributed by atoms with E-state index in [-0.39, 0.29) is 6.04 Å². The fourth-order valence-electron chi connectivity index (χ4n) is 2.94. The van der Waals surface area contributed by atoms with Crippen molar-refractivity contribution in [1.29, 1.82) is 0 Å². The number of hydrogen-bond donors (Lipinski definition) is 0. The number of halogens is 1. The van der Waals surface area contributed by atoms with Crippen molar-refractivity contribution in [3.63, 3.8) is 0 Å². The van der Waals surface area contributed by atoms with Crippen LogP contribution in [0.4, 0.5) is 0 Å². The molecule has 2 aliphatic heterocycles. The second kappa shape index (κ2) is 7.36. The second-order valence-electron chi connectivity index (χ2n) is 5.93. The van der Waals surface area contributed by atoms with Gasteiger partial charge in [-0.1, -0.05) is 30.7 Å². The Bertz CT molecular complexity index is 544. The first-order chi connectivity index (χ1) is 10.7.